The van der Waals surface area contributed by atoms with Gasteiger partial charge in [-0.3, -0.25) is 0 Å². The number of piperidine rings is 1. The minimum Gasteiger partial charge on any atom is -0.376 e. The summed E-state index contributed by atoms with van der Waals surface area (Å²) in [6.45, 7) is 7.38. The van der Waals surface area contributed by atoms with Gasteiger partial charge in [0.1, 0.15) is 0 Å². The van der Waals surface area contributed by atoms with Crippen LogP contribution in [0.5, 0.6) is 0 Å². The van der Waals surface area contributed by atoms with Gasteiger partial charge < -0.3 is 14.8 Å². The summed E-state index contributed by atoms with van der Waals surface area (Å²) < 4.78 is 39.7. The zero-order chi connectivity index (χ0) is 17.9. The molecule has 1 N–H and O–H groups in total. The monoisotopic (exact) mass is 368 g/mol. The average molecular weight is 368 g/mol. The molecule has 2 aliphatic rings. The third-order valence-corrected chi connectivity index (χ3v) is 7.08. The van der Waals surface area contributed by atoms with Crippen LogP contribution in [0.4, 0.5) is 0 Å². The van der Waals surface area contributed by atoms with E-state index in [1.165, 1.54) is 0 Å². The van der Waals surface area contributed by atoms with Crippen molar-refractivity contribution >= 4 is 10.0 Å². The highest BCUT2D eigenvalue weighted by molar-refractivity contribution is 7.89. The van der Waals surface area contributed by atoms with Crippen LogP contribution < -0.4 is 5.32 Å². The van der Waals surface area contributed by atoms with Crippen LogP contribution in [-0.2, 0) is 19.5 Å². The fraction of sp³-hybridized carbons (Fsp3) is 0.667. The third kappa shape index (κ3) is 4.23. The number of sulfonamides is 1. The van der Waals surface area contributed by atoms with Crippen LogP contribution in [0.1, 0.15) is 25.3 Å². The van der Waals surface area contributed by atoms with Crippen LogP contribution in [0.25, 0.3) is 0 Å². The number of nitrogens with one attached hydrogen (secondary N) is 1. The van der Waals surface area contributed by atoms with Crippen molar-refractivity contribution in [3.8, 4) is 0 Å². The molecule has 0 amide bonds. The highest BCUT2D eigenvalue weighted by Crippen LogP contribution is 2.31. The van der Waals surface area contributed by atoms with Crippen molar-refractivity contribution in [2.75, 3.05) is 39.5 Å². The summed E-state index contributed by atoms with van der Waals surface area (Å²) in [5.74, 6) is 0. The minimum absolute atomic E-state index is 0.229. The quantitative estimate of drug-likeness (QED) is 0.854. The van der Waals surface area contributed by atoms with E-state index < -0.39 is 15.6 Å². The number of nitrogens with zero attached hydrogens (tertiary/aromatic N) is 1. The van der Waals surface area contributed by atoms with E-state index >= 15 is 0 Å². The lowest BCUT2D eigenvalue weighted by Crippen LogP contribution is -2.60. The van der Waals surface area contributed by atoms with Crippen molar-refractivity contribution < 1.29 is 17.9 Å². The minimum atomic E-state index is -3.62. The van der Waals surface area contributed by atoms with Crippen LogP contribution in [-0.4, -0.2) is 63.8 Å². The van der Waals surface area contributed by atoms with E-state index in [-0.39, 0.29) is 6.10 Å². The molecule has 0 saturated carbocycles. The summed E-state index contributed by atoms with van der Waals surface area (Å²) in [6.07, 6.45) is 1.56. The second-order valence-electron chi connectivity index (χ2n) is 7.19. The summed E-state index contributed by atoms with van der Waals surface area (Å²) in [7, 11) is -3.62. The number of ether oxygens (including phenoxy) is 2. The molecule has 7 heteroatoms. The van der Waals surface area contributed by atoms with Crippen LogP contribution in [0.2, 0.25) is 0 Å². The van der Waals surface area contributed by atoms with Gasteiger partial charge in [0.2, 0.25) is 10.0 Å². The normalized spacial score (nSPS) is 28.2. The van der Waals surface area contributed by atoms with Crippen molar-refractivity contribution in [1.82, 2.24) is 9.62 Å². The van der Waals surface area contributed by atoms with Gasteiger partial charge in [-0.05, 0) is 45.4 Å². The molecule has 140 valence electrons. The maximum absolute atomic E-state index is 13.4. The molecule has 3 rings (SSSR count). The van der Waals surface area contributed by atoms with Crippen molar-refractivity contribution in [3.05, 3.63) is 29.8 Å². The number of benzene rings is 1. The molecular formula is C18H28N2O4S. The molecule has 2 fully saturated rings. The smallest absolute Gasteiger partial charge is 0.243 e. The van der Waals surface area contributed by atoms with Gasteiger partial charge in [0.25, 0.3) is 0 Å². The number of hydrogen-bond donors (Lipinski definition) is 1. The molecule has 6 nitrogen and oxygen atoms in total. The predicted molar refractivity (Wildman–Crippen MR) is 96.1 cm³/mol. The largest absolute Gasteiger partial charge is 0.376 e. The zero-order valence-corrected chi connectivity index (χ0v) is 15.8. The Kier molecular flexibility index (Phi) is 5.80. The van der Waals surface area contributed by atoms with Gasteiger partial charge in [-0.1, -0.05) is 17.7 Å². The summed E-state index contributed by atoms with van der Waals surface area (Å²) in [4.78, 5) is 0.335. The van der Waals surface area contributed by atoms with E-state index in [0.29, 0.717) is 37.8 Å². The van der Waals surface area contributed by atoms with Gasteiger partial charge in [-0.2, -0.15) is 4.31 Å². The highest BCUT2D eigenvalue weighted by Gasteiger charge is 2.42. The van der Waals surface area contributed by atoms with Crippen molar-refractivity contribution in [3.63, 3.8) is 0 Å². The Bertz CT molecular complexity index is 663. The van der Waals surface area contributed by atoms with Crippen LogP contribution in [0, 0.1) is 6.92 Å². The molecule has 0 radical (unpaired) electrons. The maximum atomic E-state index is 13.4. The molecule has 2 atom stereocenters. The Hall–Kier alpha value is -0.990. The molecule has 0 spiro atoms. The van der Waals surface area contributed by atoms with Crippen LogP contribution >= 0.6 is 0 Å². The fourth-order valence-corrected chi connectivity index (χ4v) is 5.36. The first-order chi connectivity index (χ1) is 11.9. The first-order valence-corrected chi connectivity index (χ1v) is 10.4. The summed E-state index contributed by atoms with van der Waals surface area (Å²) in [6, 6.07) is 7.06. The zero-order valence-electron chi connectivity index (χ0n) is 15.0. The Balaban J connectivity index is 1.92. The second kappa shape index (κ2) is 7.72. The van der Waals surface area contributed by atoms with Crippen molar-refractivity contribution in [1.29, 1.82) is 0 Å². The van der Waals surface area contributed by atoms with Gasteiger partial charge in [-0.15, -0.1) is 0 Å². The highest BCUT2D eigenvalue weighted by atomic mass is 32.2. The van der Waals surface area contributed by atoms with Gasteiger partial charge in [0.15, 0.2) is 0 Å². The summed E-state index contributed by atoms with van der Waals surface area (Å²) in [5, 5.41) is 3.35. The molecule has 0 aliphatic carbocycles. The molecule has 2 unspecified atom stereocenters. The summed E-state index contributed by atoms with van der Waals surface area (Å²) >= 11 is 0. The van der Waals surface area contributed by atoms with E-state index in [1.54, 1.807) is 16.4 Å². The Morgan fingerprint density at radius 1 is 1.28 bits per heavy atom. The molecule has 2 aliphatic heterocycles. The second-order valence-corrected chi connectivity index (χ2v) is 9.06. The van der Waals surface area contributed by atoms with Crippen LogP contribution in [0.3, 0.4) is 0 Å². The number of rotatable bonds is 5. The van der Waals surface area contributed by atoms with E-state index in [0.717, 1.165) is 24.9 Å². The molecule has 2 heterocycles. The number of aryl methyl sites for hydroxylation is 1. The van der Waals surface area contributed by atoms with Crippen molar-refractivity contribution in [2.24, 2.45) is 0 Å². The SMILES string of the molecule is Cc1ccc(S(=O)(=O)N(CC2COCCO2)C2(C)CCCNC2)cc1. The maximum Gasteiger partial charge on any atom is 0.243 e. The molecule has 25 heavy (non-hydrogen) atoms. The Morgan fingerprint density at radius 2 is 2.04 bits per heavy atom. The van der Waals surface area contributed by atoms with E-state index in [2.05, 4.69) is 5.32 Å². The van der Waals surface area contributed by atoms with Gasteiger partial charge >= 0.3 is 0 Å². The Morgan fingerprint density at radius 3 is 2.64 bits per heavy atom. The third-order valence-electron chi connectivity index (χ3n) is 5.04. The predicted octanol–water partition coefficient (Wildman–Crippen LogP) is 1.54. The average Bonchev–Trinajstić information content (AvgIpc) is 2.61. The molecule has 2 saturated heterocycles. The number of hydrogen-bond acceptors (Lipinski definition) is 5. The first kappa shape index (κ1) is 18.8. The first-order valence-electron chi connectivity index (χ1n) is 8.91. The van der Waals surface area contributed by atoms with Crippen molar-refractivity contribution in [2.45, 2.75) is 43.2 Å². The lowest BCUT2D eigenvalue weighted by atomic mass is 9.92. The molecule has 1 aromatic carbocycles. The van der Waals surface area contributed by atoms with E-state index in [4.69, 9.17) is 9.47 Å². The summed E-state index contributed by atoms with van der Waals surface area (Å²) in [5.41, 5.74) is 0.572. The fourth-order valence-electron chi connectivity index (χ4n) is 3.53. The van der Waals surface area contributed by atoms with Gasteiger partial charge in [0, 0.05) is 18.6 Å². The molecule has 0 aromatic heterocycles. The molecule has 1 aromatic rings. The lowest BCUT2D eigenvalue weighted by molar-refractivity contribution is -0.0974. The van der Waals surface area contributed by atoms with Gasteiger partial charge in [0.05, 0.1) is 30.8 Å². The van der Waals surface area contributed by atoms with Crippen LogP contribution in [0.15, 0.2) is 29.2 Å². The van der Waals surface area contributed by atoms with E-state index in [1.807, 2.05) is 26.0 Å². The van der Waals surface area contributed by atoms with E-state index in [9.17, 15) is 8.42 Å². The topological polar surface area (TPSA) is 67.9 Å². The Labute approximate surface area is 150 Å². The van der Waals surface area contributed by atoms with Gasteiger partial charge in [-0.25, -0.2) is 8.42 Å². The molecule has 0 bridgehead atoms. The standard InChI is InChI=1S/C18H28N2O4S/c1-15-4-6-17(7-5-15)25(21,22)20(12-16-13-23-10-11-24-16)18(2)8-3-9-19-14-18/h4-7,16,19H,3,8-14H2,1-2H3. The molecular weight excluding hydrogens is 340 g/mol. The lowest BCUT2D eigenvalue weighted by Gasteiger charge is -2.44.